The molecule has 0 saturated carbocycles. The summed E-state index contributed by atoms with van der Waals surface area (Å²) in [6, 6.07) is 30.6. The SMILES string of the molecule is COc1ccc(/C=C(/NC(=O)c2ccccc2)C(=O)Nc2cccc(SCC(=O)Nc3ccc(I)cc3)c2)cc1. The lowest BCUT2D eigenvalue weighted by Crippen LogP contribution is -2.30. The first kappa shape index (κ1) is 28.9. The quantitative estimate of drug-likeness (QED) is 0.103. The summed E-state index contributed by atoms with van der Waals surface area (Å²) in [5, 5.41) is 8.46. The number of thioether (sulfide) groups is 1. The minimum atomic E-state index is -0.487. The van der Waals surface area contributed by atoms with E-state index < -0.39 is 11.8 Å². The highest BCUT2D eigenvalue weighted by Crippen LogP contribution is 2.23. The van der Waals surface area contributed by atoms with E-state index in [0.29, 0.717) is 22.6 Å². The molecule has 4 aromatic rings. The Morgan fingerprint density at radius 2 is 1.55 bits per heavy atom. The third kappa shape index (κ3) is 8.72. The molecule has 3 N–H and O–H groups in total. The number of carbonyl (C=O) groups excluding carboxylic acids is 3. The highest BCUT2D eigenvalue weighted by atomic mass is 127. The molecule has 0 fully saturated rings. The van der Waals surface area contributed by atoms with Gasteiger partial charge < -0.3 is 20.7 Å². The van der Waals surface area contributed by atoms with E-state index in [1.807, 2.05) is 36.4 Å². The number of amides is 3. The number of anilines is 2. The van der Waals surface area contributed by atoms with E-state index in [2.05, 4.69) is 38.5 Å². The fraction of sp³-hybridized carbons (Fsp3) is 0.0645. The molecule has 9 heteroatoms. The van der Waals surface area contributed by atoms with Gasteiger partial charge in [-0.2, -0.15) is 0 Å². The van der Waals surface area contributed by atoms with Gasteiger partial charge in [-0.3, -0.25) is 14.4 Å². The van der Waals surface area contributed by atoms with Crippen LogP contribution in [-0.2, 0) is 9.59 Å². The van der Waals surface area contributed by atoms with Crippen molar-refractivity contribution in [3.63, 3.8) is 0 Å². The van der Waals surface area contributed by atoms with Gasteiger partial charge in [-0.1, -0.05) is 36.4 Å². The Labute approximate surface area is 250 Å². The minimum Gasteiger partial charge on any atom is -0.497 e. The molecule has 0 bridgehead atoms. The van der Waals surface area contributed by atoms with Gasteiger partial charge in [0.2, 0.25) is 5.91 Å². The highest BCUT2D eigenvalue weighted by Gasteiger charge is 2.15. The number of hydrogen-bond donors (Lipinski definition) is 3. The number of benzene rings is 4. The van der Waals surface area contributed by atoms with Gasteiger partial charge in [-0.25, -0.2) is 0 Å². The van der Waals surface area contributed by atoms with Crippen LogP contribution in [0.25, 0.3) is 6.08 Å². The topological polar surface area (TPSA) is 96.5 Å². The third-order valence-electron chi connectivity index (χ3n) is 5.55. The lowest BCUT2D eigenvalue weighted by molar-refractivity contribution is -0.114. The van der Waals surface area contributed by atoms with Crippen LogP contribution in [0.5, 0.6) is 5.75 Å². The first-order valence-electron chi connectivity index (χ1n) is 12.2. The van der Waals surface area contributed by atoms with E-state index in [0.717, 1.165) is 14.2 Å². The van der Waals surface area contributed by atoms with E-state index in [9.17, 15) is 14.4 Å². The molecule has 40 heavy (non-hydrogen) atoms. The Morgan fingerprint density at radius 1 is 0.825 bits per heavy atom. The predicted molar refractivity (Wildman–Crippen MR) is 168 cm³/mol. The van der Waals surface area contributed by atoms with Crippen LogP contribution in [0.3, 0.4) is 0 Å². The zero-order valence-electron chi connectivity index (χ0n) is 21.5. The van der Waals surface area contributed by atoms with Crippen LogP contribution in [-0.4, -0.2) is 30.6 Å². The monoisotopic (exact) mass is 663 g/mol. The zero-order valence-corrected chi connectivity index (χ0v) is 24.5. The molecule has 0 saturated heterocycles. The fourth-order valence-electron chi connectivity index (χ4n) is 3.55. The Kier molecular flexibility index (Phi) is 10.4. The molecule has 4 rings (SSSR count). The summed E-state index contributed by atoms with van der Waals surface area (Å²) in [6.07, 6.45) is 1.60. The Morgan fingerprint density at radius 3 is 2.25 bits per heavy atom. The average molecular weight is 664 g/mol. The first-order valence-corrected chi connectivity index (χ1v) is 14.3. The molecule has 0 unspecified atom stereocenters. The summed E-state index contributed by atoms with van der Waals surface area (Å²) in [5.74, 6) is -0.135. The number of hydrogen-bond acceptors (Lipinski definition) is 5. The number of methoxy groups -OCH3 is 1. The van der Waals surface area contributed by atoms with Gasteiger partial charge in [0, 0.05) is 25.4 Å². The Hall–Kier alpha value is -4.09. The van der Waals surface area contributed by atoms with Crippen LogP contribution in [0, 0.1) is 3.57 Å². The number of rotatable bonds is 10. The van der Waals surface area contributed by atoms with Crippen molar-refractivity contribution >= 4 is 69.5 Å². The lowest BCUT2D eigenvalue weighted by atomic mass is 10.1. The van der Waals surface area contributed by atoms with Crippen molar-refractivity contribution in [2.24, 2.45) is 0 Å². The summed E-state index contributed by atoms with van der Waals surface area (Å²) in [5.41, 5.74) is 2.48. The maximum absolute atomic E-state index is 13.3. The average Bonchev–Trinajstić information content (AvgIpc) is 2.98. The van der Waals surface area contributed by atoms with Gasteiger partial charge in [-0.05, 0) is 101 Å². The lowest BCUT2D eigenvalue weighted by Gasteiger charge is -2.12. The van der Waals surface area contributed by atoms with Crippen molar-refractivity contribution in [2.45, 2.75) is 4.90 Å². The smallest absolute Gasteiger partial charge is 0.272 e. The Bertz CT molecular complexity index is 1510. The van der Waals surface area contributed by atoms with Crippen molar-refractivity contribution in [2.75, 3.05) is 23.5 Å². The molecule has 0 atom stereocenters. The van der Waals surface area contributed by atoms with E-state index in [1.54, 1.807) is 79.9 Å². The normalized spacial score (nSPS) is 10.9. The number of halogens is 1. The highest BCUT2D eigenvalue weighted by molar-refractivity contribution is 14.1. The number of carbonyl (C=O) groups is 3. The van der Waals surface area contributed by atoms with Crippen LogP contribution in [0.2, 0.25) is 0 Å². The zero-order chi connectivity index (χ0) is 28.3. The number of ether oxygens (including phenoxy) is 1. The first-order chi connectivity index (χ1) is 19.4. The van der Waals surface area contributed by atoms with Crippen molar-refractivity contribution in [1.29, 1.82) is 0 Å². The molecule has 0 spiro atoms. The van der Waals surface area contributed by atoms with Crippen molar-refractivity contribution in [3.8, 4) is 5.75 Å². The van der Waals surface area contributed by atoms with E-state index in [-0.39, 0.29) is 17.4 Å². The summed E-state index contributed by atoms with van der Waals surface area (Å²) in [6.45, 7) is 0. The maximum atomic E-state index is 13.3. The van der Waals surface area contributed by atoms with E-state index >= 15 is 0 Å². The second kappa shape index (κ2) is 14.3. The fourth-order valence-corrected chi connectivity index (χ4v) is 4.67. The van der Waals surface area contributed by atoms with Gasteiger partial charge in [0.15, 0.2) is 0 Å². The molecule has 202 valence electrons. The molecule has 0 heterocycles. The van der Waals surface area contributed by atoms with Crippen LogP contribution in [0.15, 0.2) is 114 Å². The largest absolute Gasteiger partial charge is 0.497 e. The molecule has 0 aromatic heterocycles. The second-order valence-electron chi connectivity index (χ2n) is 8.48. The van der Waals surface area contributed by atoms with Gasteiger partial charge in [0.05, 0.1) is 12.9 Å². The second-order valence-corrected chi connectivity index (χ2v) is 10.8. The number of nitrogens with one attached hydrogen (secondary N) is 3. The predicted octanol–water partition coefficient (Wildman–Crippen LogP) is 6.44. The van der Waals surface area contributed by atoms with E-state index in [4.69, 9.17) is 4.74 Å². The van der Waals surface area contributed by atoms with Gasteiger partial charge in [0.25, 0.3) is 11.8 Å². The molecular formula is C31H26IN3O4S. The molecular weight excluding hydrogens is 637 g/mol. The third-order valence-corrected chi connectivity index (χ3v) is 7.26. The molecule has 3 amide bonds. The van der Waals surface area contributed by atoms with Crippen LogP contribution in [0.1, 0.15) is 15.9 Å². The van der Waals surface area contributed by atoms with Crippen molar-refractivity contribution in [3.05, 3.63) is 124 Å². The molecule has 0 aliphatic rings. The standard InChI is InChI=1S/C31H26IN3O4S/c1-39-26-16-10-21(11-17-26)18-28(35-30(37)22-6-3-2-4-7-22)31(38)34-25-8-5-9-27(19-25)40-20-29(36)33-24-14-12-23(32)13-15-24/h2-19H,20H2,1H3,(H,33,36)(H,34,38)(H,35,37)/b28-18+. The van der Waals surface area contributed by atoms with Crippen LogP contribution < -0.4 is 20.7 Å². The van der Waals surface area contributed by atoms with Crippen LogP contribution in [0.4, 0.5) is 11.4 Å². The van der Waals surface area contributed by atoms with Crippen molar-refractivity contribution in [1.82, 2.24) is 5.32 Å². The van der Waals surface area contributed by atoms with Crippen LogP contribution >= 0.6 is 34.4 Å². The molecule has 0 aliphatic heterocycles. The van der Waals surface area contributed by atoms with E-state index in [1.165, 1.54) is 11.8 Å². The molecule has 0 radical (unpaired) electrons. The van der Waals surface area contributed by atoms with Gasteiger partial charge in [0.1, 0.15) is 11.4 Å². The minimum absolute atomic E-state index is 0.0778. The molecule has 4 aromatic carbocycles. The molecule has 7 nitrogen and oxygen atoms in total. The van der Waals surface area contributed by atoms with Gasteiger partial charge in [-0.15, -0.1) is 11.8 Å². The molecule has 0 aliphatic carbocycles. The summed E-state index contributed by atoms with van der Waals surface area (Å²) in [7, 11) is 1.58. The summed E-state index contributed by atoms with van der Waals surface area (Å²) >= 11 is 3.56. The van der Waals surface area contributed by atoms with Crippen molar-refractivity contribution < 1.29 is 19.1 Å². The summed E-state index contributed by atoms with van der Waals surface area (Å²) < 4.78 is 6.29. The summed E-state index contributed by atoms with van der Waals surface area (Å²) in [4.78, 5) is 39.4. The Balaban J connectivity index is 1.45. The van der Waals surface area contributed by atoms with Gasteiger partial charge >= 0.3 is 0 Å². The maximum Gasteiger partial charge on any atom is 0.272 e.